The molecule has 0 radical (unpaired) electrons. The Labute approximate surface area is 152 Å². The molecule has 1 aromatic heterocycles. The second-order valence-corrected chi connectivity index (χ2v) is 7.53. The number of hydrogen-bond acceptors (Lipinski definition) is 4. The van der Waals surface area contributed by atoms with Crippen LogP contribution in [-0.4, -0.2) is 40.4 Å². The minimum absolute atomic E-state index is 0.106. The molecule has 0 unspecified atom stereocenters. The number of carbonyl (C=O) groups is 1. The predicted octanol–water partition coefficient (Wildman–Crippen LogP) is 3.15. The summed E-state index contributed by atoms with van der Waals surface area (Å²) < 4.78 is 0. The first-order valence-electron chi connectivity index (χ1n) is 8.68. The van der Waals surface area contributed by atoms with Crippen LogP contribution in [0.4, 0.5) is 5.95 Å². The second-order valence-electron chi connectivity index (χ2n) is 7.09. The Morgan fingerprint density at radius 2 is 1.76 bits per heavy atom. The number of amides is 1. The van der Waals surface area contributed by atoms with Crippen molar-refractivity contribution in [3.63, 3.8) is 0 Å². The fourth-order valence-corrected chi connectivity index (χ4v) is 4.03. The van der Waals surface area contributed by atoms with Crippen LogP contribution >= 0.6 is 11.6 Å². The molecular formula is C19H21ClN4O. The highest BCUT2D eigenvalue weighted by Crippen LogP contribution is 2.41. The molecule has 2 aromatic rings. The number of likely N-dealkylation sites (tertiary alicyclic amines) is 1. The number of carbonyl (C=O) groups excluding carboxylic acids is 1. The topological polar surface area (TPSA) is 49.3 Å². The molecule has 0 atom stereocenters. The monoisotopic (exact) mass is 356 g/mol. The van der Waals surface area contributed by atoms with Gasteiger partial charge in [0.1, 0.15) is 0 Å². The quantitative estimate of drug-likeness (QED) is 0.847. The minimum atomic E-state index is 0.106. The van der Waals surface area contributed by atoms with Gasteiger partial charge in [0.25, 0.3) is 0 Å². The van der Waals surface area contributed by atoms with Gasteiger partial charge in [-0.2, -0.15) is 0 Å². The molecule has 0 bridgehead atoms. The van der Waals surface area contributed by atoms with Crippen LogP contribution in [-0.2, 0) is 11.3 Å². The van der Waals surface area contributed by atoms with Gasteiger partial charge in [-0.1, -0.05) is 23.7 Å². The zero-order valence-corrected chi connectivity index (χ0v) is 14.8. The summed E-state index contributed by atoms with van der Waals surface area (Å²) in [7, 11) is 0. The molecule has 2 fully saturated rings. The third-order valence-electron chi connectivity index (χ3n) is 5.35. The number of hydrogen-bond donors (Lipinski definition) is 0. The Balaban J connectivity index is 1.39. The van der Waals surface area contributed by atoms with Crippen molar-refractivity contribution in [2.45, 2.75) is 25.8 Å². The fourth-order valence-electron chi connectivity index (χ4n) is 3.91. The summed E-state index contributed by atoms with van der Waals surface area (Å²) in [6.07, 6.45) is 6.23. The molecule has 2 aliphatic heterocycles. The van der Waals surface area contributed by atoms with E-state index in [1.807, 2.05) is 35.2 Å². The third-order valence-corrected chi connectivity index (χ3v) is 5.60. The van der Waals surface area contributed by atoms with Crippen molar-refractivity contribution in [1.82, 2.24) is 14.9 Å². The molecule has 3 heterocycles. The molecule has 0 saturated carbocycles. The Kier molecular flexibility index (Phi) is 4.34. The Morgan fingerprint density at radius 1 is 1.08 bits per heavy atom. The lowest BCUT2D eigenvalue weighted by molar-refractivity contribution is -0.128. The van der Waals surface area contributed by atoms with Gasteiger partial charge in [0.05, 0.1) is 0 Å². The second kappa shape index (κ2) is 6.64. The zero-order chi connectivity index (χ0) is 17.3. The SMILES string of the molecule is O=C1CC2(CCN(c3ncccn3)CC2)CN1Cc1ccc(Cl)cc1. The average molecular weight is 357 g/mol. The smallest absolute Gasteiger partial charge is 0.225 e. The van der Waals surface area contributed by atoms with Gasteiger partial charge in [0.15, 0.2) is 0 Å². The number of piperidine rings is 1. The summed E-state index contributed by atoms with van der Waals surface area (Å²) in [5.74, 6) is 1.05. The molecule has 1 spiro atoms. The minimum Gasteiger partial charge on any atom is -0.341 e. The van der Waals surface area contributed by atoms with Crippen molar-refractivity contribution < 1.29 is 4.79 Å². The normalized spacial score (nSPS) is 19.6. The van der Waals surface area contributed by atoms with Crippen LogP contribution in [0.3, 0.4) is 0 Å². The Hall–Kier alpha value is -2.14. The van der Waals surface area contributed by atoms with Gasteiger partial charge in [-0.05, 0) is 36.6 Å². The van der Waals surface area contributed by atoms with Crippen molar-refractivity contribution >= 4 is 23.5 Å². The van der Waals surface area contributed by atoms with Crippen molar-refractivity contribution in [3.05, 3.63) is 53.3 Å². The molecule has 130 valence electrons. The summed E-state index contributed by atoms with van der Waals surface area (Å²) >= 11 is 5.94. The molecule has 0 aliphatic carbocycles. The molecule has 0 N–H and O–H groups in total. The molecule has 4 rings (SSSR count). The van der Waals surface area contributed by atoms with E-state index in [0.717, 1.165) is 49.0 Å². The van der Waals surface area contributed by atoms with Crippen molar-refractivity contribution in [2.75, 3.05) is 24.5 Å². The van der Waals surface area contributed by atoms with E-state index in [2.05, 4.69) is 14.9 Å². The van der Waals surface area contributed by atoms with Gasteiger partial charge in [-0.3, -0.25) is 4.79 Å². The van der Waals surface area contributed by atoms with Crippen molar-refractivity contribution in [3.8, 4) is 0 Å². The highest BCUT2D eigenvalue weighted by atomic mass is 35.5. The van der Waals surface area contributed by atoms with Crippen LogP contribution in [0.15, 0.2) is 42.7 Å². The fraction of sp³-hybridized carbons (Fsp3) is 0.421. The summed E-state index contributed by atoms with van der Waals surface area (Å²) in [5, 5.41) is 0.725. The molecule has 2 saturated heterocycles. The standard InChI is InChI=1S/C19H21ClN4O/c20-16-4-2-15(3-5-16)13-24-14-19(12-17(24)25)6-10-23(11-7-19)18-21-8-1-9-22-18/h1-5,8-9H,6-7,10-14H2. The van der Waals surface area contributed by atoms with E-state index in [0.29, 0.717) is 13.0 Å². The van der Waals surface area contributed by atoms with Gasteiger partial charge in [-0.15, -0.1) is 0 Å². The van der Waals surface area contributed by atoms with Gasteiger partial charge >= 0.3 is 0 Å². The summed E-state index contributed by atoms with van der Waals surface area (Å²) in [4.78, 5) is 25.4. The van der Waals surface area contributed by atoms with Crippen molar-refractivity contribution in [1.29, 1.82) is 0 Å². The Bertz CT molecular complexity index is 742. The van der Waals surface area contributed by atoms with E-state index in [-0.39, 0.29) is 11.3 Å². The summed E-state index contributed by atoms with van der Waals surface area (Å²) in [5.41, 5.74) is 1.24. The van der Waals surface area contributed by atoms with E-state index < -0.39 is 0 Å². The number of halogens is 1. The van der Waals surface area contributed by atoms with Crippen LogP contribution in [0.5, 0.6) is 0 Å². The van der Waals surface area contributed by atoms with E-state index >= 15 is 0 Å². The van der Waals surface area contributed by atoms with E-state index in [1.165, 1.54) is 0 Å². The third kappa shape index (κ3) is 3.47. The average Bonchev–Trinajstić information content (AvgIpc) is 2.93. The van der Waals surface area contributed by atoms with Crippen LogP contribution in [0.1, 0.15) is 24.8 Å². The van der Waals surface area contributed by atoms with Crippen LogP contribution < -0.4 is 4.90 Å². The molecule has 6 heteroatoms. The predicted molar refractivity (Wildman–Crippen MR) is 97.4 cm³/mol. The maximum absolute atomic E-state index is 12.5. The molecule has 1 aromatic carbocycles. The van der Waals surface area contributed by atoms with Gasteiger partial charge in [0.2, 0.25) is 11.9 Å². The van der Waals surface area contributed by atoms with Gasteiger partial charge in [-0.25, -0.2) is 9.97 Å². The number of benzene rings is 1. The van der Waals surface area contributed by atoms with E-state index in [1.54, 1.807) is 12.4 Å². The lowest BCUT2D eigenvalue weighted by atomic mass is 9.77. The maximum atomic E-state index is 12.5. The largest absolute Gasteiger partial charge is 0.341 e. The van der Waals surface area contributed by atoms with Crippen LogP contribution in [0.25, 0.3) is 0 Å². The van der Waals surface area contributed by atoms with Gasteiger partial charge in [0, 0.05) is 55.4 Å². The molecule has 5 nitrogen and oxygen atoms in total. The summed E-state index contributed by atoms with van der Waals surface area (Å²) in [6, 6.07) is 9.59. The first kappa shape index (κ1) is 16.3. The molecule has 1 amide bonds. The Morgan fingerprint density at radius 3 is 2.44 bits per heavy atom. The first-order chi connectivity index (χ1) is 12.1. The first-order valence-corrected chi connectivity index (χ1v) is 9.06. The highest BCUT2D eigenvalue weighted by molar-refractivity contribution is 6.30. The number of anilines is 1. The van der Waals surface area contributed by atoms with Crippen molar-refractivity contribution in [2.24, 2.45) is 5.41 Å². The van der Waals surface area contributed by atoms with Crippen LogP contribution in [0.2, 0.25) is 5.02 Å². The number of rotatable bonds is 3. The van der Waals surface area contributed by atoms with E-state index in [9.17, 15) is 4.79 Å². The maximum Gasteiger partial charge on any atom is 0.225 e. The van der Waals surface area contributed by atoms with Crippen LogP contribution in [0, 0.1) is 5.41 Å². The molecular weight excluding hydrogens is 336 g/mol. The number of nitrogens with zero attached hydrogens (tertiary/aromatic N) is 4. The van der Waals surface area contributed by atoms with E-state index in [4.69, 9.17) is 11.6 Å². The zero-order valence-electron chi connectivity index (χ0n) is 14.1. The lowest BCUT2D eigenvalue weighted by Crippen LogP contribution is -2.42. The summed E-state index contributed by atoms with van der Waals surface area (Å²) in [6.45, 7) is 3.33. The number of aromatic nitrogens is 2. The molecule has 2 aliphatic rings. The molecule has 25 heavy (non-hydrogen) atoms. The van der Waals surface area contributed by atoms with Gasteiger partial charge < -0.3 is 9.80 Å². The lowest BCUT2D eigenvalue weighted by Gasteiger charge is -2.38. The highest BCUT2D eigenvalue weighted by Gasteiger charge is 2.45.